The Hall–Kier alpha value is -1.67. The van der Waals surface area contributed by atoms with Crippen molar-refractivity contribution in [3.05, 3.63) is 83.8 Å². The van der Waals surface area contributed by atoms with Gasteiger partial charge in [0.2, 0.25) is 5.89 Å². The molecule has 1 unspecified atom stereocenters. The highest BCUT2D eigenvalue weighted by Gasteiger charge is 2.48. The summed E-state index contributed by atoms with van der Waals surface area (Å²) < 4.78 is 21.1. The van der Waals surface area contributed by atoms with Gasteiger partial charge in [0, 0.05) is 35.3 Å². The zero-order chi connectivity index (χ0) is 25.3. The number of nitrogens with zero attached hydrogens (tertiary/aromatic N) is 2. The molecule has 4 aliphatic rings. The van der Waals surface area contributed by atoms with Gasteiger partial charge in [-0.2, -0.15) is 0 Å². The minimum atomic E-state index is -1.18. The molecule has 7 rings (SSSR count). The maximum atomic E-state index is 13.6. The summed E-state index contributed by atoms with van der Waals surface area (Å²) in [5, 5.41) is 12.2. The molecule has 0 amide bonds. The van der Waals surface area contributed by atoms with Gasteiger partial charge in [-0.15, -0.1) is 11.8 Å². The van der Waals surface area contributed by atoms with Gasteiger partial charge in [0.1, 0.15) is 12.4 Å². The fraction of sp³-hybridized carbons (Fsp3) is 0.516. The summed E-state index contributed by atoms with van der Waals surface area (Å²) in [4.78, 5) is 5.74. The third-order valence-corrected chi connectivity index (χ3v) is 10.5. The van der Waals surface area contributed by atoms with E-state index in [0.29, 0.717) is 11.8 Å². The number of oxazole rings is 1. The largest absolute Gasteiger partial charge is 1.00 e. The normalized spacial score (nSPS) is 27.0. The second-order valence-corrected chi connectivity index (χ2v) is 12.7. The van der Waals surface area contributed by atoms with Gasteiger partial charge in [-0.05, 0) is 42.5 Å². The second-order valence-electron chi connectivity index (χ2n) is 11.6. The number of aromatic nitrogens is 1. The Labute approximate surface area is 240 Å². The van der Waals surface area contributed by atoms with E-state index in [1.807, 2.05) is 42.6 Å². The van der Waals surface area contributed by atoms with Crippen molar-refractivity contribution in [2.45, 2.75) is 62.0 Å². The molecule has 0 radical (unpaired) electrons. The lowest BCUT2D eigenvalue weighted by Gasteiger charge is -2.52. The lowest BCUT2D eigenvalue weighted by molar-refractivity contribution is -0.959. The van der Waals surface area contributed by atoms with Gasteiger partial charge >= 0.3 is 0 Å². The summed E-state index contributed by atoms with van der Waals surface area (Å²) in [5.41, 5.74) is -0.297. The number of hydrogen-bond acceptors (Lipinski definition) is 4. The molecule has 1 aliphatic carbocycles. The van der Waals surface area contributed by atoms with Crippen molar-refractivity contribution in [3.8, 4) is 0 Å². The lowest BCUT2D eigenvalue weighted by atomic mass is 9.73. The molecular formula is C31H38BrFN2O2S. The van der Waals surface area contributed by atoms with E-state index >= 15 is 0 Å². The van der Waals surface area contributed by atoms with Crippen LogP contribution in [0.15, 0.2) is 70.1 Å². The molecule has 2 bridgehead atoms. The highest BCUT2D eigenvalue weighted by atomic mass is 79.9. The van der Waals surface area contributed by atoms with E-state index in [0.717, 1.165) is 71.1 Å². The van der Waals surface area contributed by atoms with Gasteiger partial charge in [-0.1, -0.05) is 55.7 Å². The molecule has 7 heteroatoms. The number of halogens is 2. The van der Waals surface area contributed by atoms with Gasteiger partial charge < -0.3 is 31.0 Å². The molecule has 0 spiro atoms. The van der Waals surface area contributed by atoms with Crippen LogP contribution in [0.4, 0.5) is 4.39 Å². The summed E-state index contributed by atoms with van der Waals surface area (Å²) in [6, 6.07) is 17.0. The van der Waals surface area contributed by atoms with E-state index in [4.69, 9.17) is 9.40 Å². The fourth-order valence-corrected chi connectivity index (χ4v) is 8.40. The minimum absolute atomic E-state index is 0. The zero-order valence-electron chi connectivity index (χ0n) is 21.9. The van der Waals surface area contributed by atoms with Crippen LogP contribution >= 0.6 is 11.8 Å². The predicted molar refractivity (Wildman–Crippen MR) is 144 cm³/mol. The zero-order valence-corrected chi connectivity index (χ0v) is 24.3. The highest BCUT2D eigenvalue weighted by molar-refractivity contribution is 7.99. The summed E-state index contributed by atoms with van der Waals surface area (Å²) in [6.45, 7) is 4.31. The highest BCUT2D eigenvalue weighted by Crippen LogP contribution is 2.45. The van der Waals surface area contributed by atoms with Crippen molar-refractivity contribution in [2.24, 2.45) is 17.8 Å². The Morgan fingerprint density at radius 3 is 2.50 bits per heavy atom. The molecule has 1 aromatic heterocycles. The first-order chi connectivity index (χ1) is 18.0. The van der Waals surface area contributed by atoms with E-state index in [1.54, 1.807) is 23.9 Å². The third-order valence-electron chi connectivity index (χ3n) is 9.28. The first-order valence-corrected chi connectivity index (χ1v) is 15.0. The summed E-state index contributed by atoms with van der Waals surface area (Å²) in [5.74, 6) is 3.73. The Kier molecular flexibility index (Phi) is 8.68. The molecule has 1 N–H and O–H groups in total. The van der Waals surface area contributed by atoms with Crippen molar-refractivity contribution >= 4 is 11.8 Å². The molecule has 4 heterocycles. The average molecular weight is 602 g/mol. The van der Waals surface area contributed by atoms with Gasteiger partial charge in [-0.25, -0.2) is 9.37 Å². The van der Waals surface area contributed by atoms with Crippen LogP contribution < -0.4 is 17.0 Å². The van der Waals surface area contributed by atoms with E-state index in [9.17, 15) is 9.50 Å². The van der Waals surface area contributed by atoms with E-state index in [2.05, 4.69) is 0 Å². The first kappa shape index (κ1) is 27.9. The molecule has 3 aromatic rings. The maximum Gasteiger partial charge on any atom is 0.231 e. The smallest absolute Gasteiger partial charge is 0.231 e. The van der Waals surface area contributed by atoms with Crippen LogP contribution in [0.3, 0.4) is 0 Å². The number of rotatable bonds is 8. The maximum absolute atomic E-state index is 13.6. The van der Waals surface area contributed by atoms with Gasteiger partial charge in [0.15, 0.2) is 11.4 Å². The van der Waals surface area contributed by atoms with Crippen LogP contribution in [-0.2, 0) is 12.1 Å². The molecule has 204 valence electrons. The second kappa shape index (κ2) is 11.8. The predicted octanol–water partition coefficient (Wildman–Crippen LogP) is 3.78. The van der Waals surface area contributed by atoms with E-state index < -0.39 is 5.60 Å². The van der Waals surface area contributed by atoms with Crippen molar-refractivity contribution < 1.29 is 35.4 Å². The molecule has 4 fully saturated rings. The van der Waals surface area contributed by atoms with E-state index in [-0.39, 0.29) is 28.7 Å². The van der Waals surface area contributed by atoms with Gasteiger partial charge in [-0.3, -0.25) is 0 Å². The van der Waals surface area contributed by atoms with Crippen molar-refractivity contribution in [3.63, 3.8) is 0 Å². The number of quaternary nitrogens is 1. The molecule has 1 saturated carbocycles. The monoisotopic (exact) mass is 600 g/mol. The molecule has 3 aliphatic heterocycles. The molecule has 38 heavy (non-hydrogen) atoms. The number of hydrogen-bond donors (Lipinski definition) is 1. The van der Waals surface area contributed by atoms with Crippen LogP contribution in [0.2, 0.25) is 0 Å². The Balaban J connectivity index is 0.00000294. The van der Waals surface area contributed by atoms with Crippen molar-refractivity contribution in [2.75, 3.05) is 25.4 Å². The topological polar surface area (TPSA) is 46.3 Å². The third kappa shape index (κ3) is 5.63. The molecular weight excluding hydrogens is 563 g/mol. The Bertz CT molecular complexity index is 1190. The summed E-state index contributed by atoms with van der Waals surface area (Å²) >= 11 is 1.79. The summed E-state index contributed by atoms with van der Waals surface area (Å²) in [6.07, 6.45) is 9.86. The number of piperidine rings is 3. The molecule has 2 atom stereocenters. The van der Waals surface area contributed by atoms with Crippen molar-refractivity contribution in [1.82, 2.24) is 4.98 Å². The van der Waals surface area contributed by atoms with Gasteiger partial charge in [0.25, 0.3) is 0 Å². The Morgan fingerprint density at radius 1 is 1.00 bits per heavy atom. The molecule has 4 nitrogen and oxygen atoms in total. The van der Waals surface area contributed by atoms with Crippen LogP contribution in [0.1, 0.15) is 62.2 Å². The Morgan fingerprint density at radius 2 is 1.76 bits per heavy atom. The van der Waals surface area contributed by atoms with Crippen LogP contribution in [0, 0.1) is 23.6 Å². The van der Waals surface area contributed by atoms with Crippen LogP contribution in [0.25, 0.3) is 0 Å². The fourth-order valence-electron chi connectivity index (χ4n) is 7.24. The minimum Gasteiger partial charge on any atom is -1.00 e. The quantitative estimate of drug-likeness (QED) is 0.316. The van der Waals surface area contributed by atoms with Crippen LogP contribution in [0.5, 0.6) is 0 Å². The number of benzene rings is 2. The van der Waals surface area contributed by atoms with Gasteiger partial charge in [0.05, 0.1) is 25.8 Å². The molecule has 2 aromatic carbocycles. The number of fused-ring (bicyclic) bond motifs is 3. The lowest BCUT2D eigenvalue weighted by Crippen LogP contribution is -3.00. The standard InChI is InChI=1S/C31H38FN2O2S.BrH/c32-27-12-7-13-29(18-27)37-22-24-20-34(16-14-23(24)15-17-34)21-28-19-33-30(36-28)31(35,25-8-3-1-4-9-25)26-10-5-2-6-11-26;/h1,3-4,7-9,12-13,18-19,23-24,26,35H,2,5-6,10-11,14-17,20-22H2;1H/q+1;/p-1/t23?,24?,31-,34?;/m0./s1. The average Bonchev–Trinajstić information content (AvgIpc) is 3.41. The number of aliphatic hydroxyl groups is 1. The van der Waals surface area contributed by atoms with E-state index in [1.165, 1.54) is 38.4 Å². The summed E-state index contributed by atoms with van der Waals surface area (Å²) in [7, 11) is 0. The number of thioether (sulfide) groups is 1. The first-order valence-electron chi connectivity index (χ1n) is 14.0. The SMILES string of the molecule is O[C@](c1ccccc1)(c1ncc(C[N+]23CCC(CC2)C(CSc2cccc(F)c2)C3)o1)C1CCCCC1.[Br-]. The van der Waals surface area contributed by atoms with Crippen LogP contribution in [-0.4, -0.2) is 40.0 Å². The molecule has 3 saturated heterocycles. The van der Waals surface area contributed by atoms with Crippen molar-refractivity contribution in [1.29, 1.82) is 0 Å².